The SMILES string of the molecule is C/C(CCn1[nH]c(=O)ccc1=O)=N\OCCCc1ccccc1. The lowest BCUT2D eigenvalue weighted by Gasteiger charge is -2.05. The Bertz CT molecular complexity index is 747. The third kappa shape index (κ3) is 5.94. The summed E-state index contributed by atoms with van der Waals surface area (Å²) in [5.74, 6) is 0. The summed E-state index contributed by atoms with van der Waals surface area (Å²) in [7, 11) is 0. The van der Waals surface area contributed by atoms with Crippen LogP contribution in [-0.4, -0.2) is 22.1 Å². The Morgan fingerprint density at radius 1 is 1.17 bits per heavy atom. The zero-order chi connectivity index (χ0) is 16.5. The zero-order valence-electron chi connectivity index (χ0n) is 13.2. The summed E-state index contributed by atoms with van der Waals surface area (Å²) in [5, 5.41) is 6.51. The van der Waals surface area contributed by atoms with Gasteiger partial charge in [-0.3, -0.25) is 14.7 Å². The van der Waals surface area contributed by atoms with E-state index in [4.69, 9.17) is 4.84 Å². The predicted molar refractivity (Wildman–Crippen MR) is 89.8 cm³/mol. The highest BCUT2D eigenvalue weighted by atomic mass is 16.6. The standard InChI is InChI=1S/C17H21N3O3/c1-14(11-12-20-17(22)10-9-16(21)18-20)19-23-13-5-8-15-6-3-2-4-7-15/h2-4,6-7,9-10H,5,8,11-13H2,1H3,(H,18,21)/b19-14+. The van der Waals surface area contributed by atoms with Gasteiger partial charge in [0.1, 0.15) is 6.61 Å². The third-order valence-electron chi connectivity index (χ3n) is 3.35. The van der Waals surface area contributed by atoms with E-state index in [1.165, 1.54) is 22.4 Å². The lowest BCUT2D eigenvalue weighted by atomic mass is 10.1. The van der Waals surface area contributed by atoms with Crippen LogP contribution in [0.15, 0.2) is 57.2 Å². The molecular weight excluding hydrogens is 294 g/mol. The van der Waals surface area contributed by atoms with Crippen molar-refractivity contribution in [3.63, 3.8) is 0 Å². The first-order valence-corrected chi connectivity index (χ1v) is 7.65. The molecular formula is C17H21N3O3. The smallest absolute Gasteiger partial charge is 0.265 e. The first kappa shape index (κ1) is 16.7. The molecule has 2 rings (SSSR count). The Labute approximate surface area is 134 Å². The number of hydrogen-bond acceptors (Lipinski definition) is 4. The number of aryl methyl sites for hydroxylation is 2. The van der Waals surface area contributed by atoms with Crippen molar-refractivity contribution in [3.8, 4) is 0 Å². The topological polar surface area (TPSA) is 76.5 Å². The molecule has 6 nitrogen and oxygen atoms in total. The summed E-state index contributed by atoms with van der Waals surface area (Å²) in [4.78, 5) is 28.0. The van der Waals surface area contributed by atoms with Crippen LogP contribution in [0.1, 0.15) is 25.3 Å². The first-order chi connectivity index (χ1) is 11.1. The van der Waals surface area contributed by atoms with Crippen LogP contribution in [0.5, 0.6) is 0 Å². The van der Waals surface area contributed by atoms with Gasteiger partial charge in [-0.2, -0.15) is 0 Å². The molecule has 6 heteroatoms. The quantitative estimate of drug-likeness (QED) is 0.459. The fourth-order valence-electron chi connectivity index (χ4n) is 2.09. The van der Waals surface area contributed by atoms with E-state index in [0.29, 0.717) is 19.6 Å². The highest BCUT2D eigenvalue weighted by Gasteiger charge is 1.99. The highest BCUT2D eigenvalue weighted by Crippen LogP contribution is 2.02. The van der Waals surface area contributed by atoms with Gasteiger partial charge >= 0.3 is 0 Å². The van der Waals surface area contributed by atoms with Crippen molar-refractivity contribution in [3.05, 3.63) is 68.7 Å². The summed E-state index contributed by atoms with van der Waals surface area (Å²) >= 11 is 0. The van der Waals surface area contributed by atoms with Crippen LogP contribution in [0.25, 0.3) is 0 Å². The molecule has 1 N–H and O–H groups in total. The van der Waals surface area contributed by atoms with Gasteiger partial charge in [-0.05, 0) is 25.3 Å². The summed E-state index contributed by atoms with van der Waals surface area (Å²) in [6.07, 6.45) is 2.39. The van der Waals surface area contributed by atoms with Gasteiger partial charge in [0, 0.05) is 25.1 Å². The van der Waals surface area contributed by atoms with Gasteiger partial charge in [0.15, 0.2) is 0 Å². The number of nitrogens with zero attached hydrogens (tertiary/aromatic N) is 2. The van der Waals surface area contributed by atoms with E-state index in [1.54, 1.807) is 0 Å². The second-order valence-corrected chi connectivity index (χ2v) is 5.30. The first-order valence-electron chi connectivity index (χ1n) is 7.65. The van der Waals surface area contributed by atoms with Gasteiger partial charge in [0.05, 0.1) is 5.71 Å². The van der Waals surface area contributed by atoms with E-state index in [0.717, 1.165) is 18.6 Å². The molecule has 0 bridgehead atoms. The molecule has 0 atom stereocenters. The van der Waals surface area contributed by atoms with Crippen LogP contribution in [0, 0.1) is 0 Å². The minimum absolute atomic E-state index is 0.235. The molecule has 0 fully saturated rings. The fraction of sp³-hybridized carbons (Fsp3) is 0.353. The predicted octanol–water partition coefficient (Wildman–Crippen LogP) is 1.95. The Morgan fingerprint density at radius 3 is 2.74 bits per heavy atom. The number of aromatic nitrogens is 2. The van der Waals surface area contributed by atoms with Gasteiger partial charge in [-0.25, -0.2) is 4.68 Å². The normalized spacial score (nSPS) is 11.4. The number of rotatable bonds is 8. The third-order valence-corrected chi connectivity index (χ3v) is 3.35. The average molecular weight is 315 g/mol. The number of H-pyrrole nitrogens is 1. The van der Waals surface area contributed by atoms with Crippen molar-refractivity contribution in [2.45, 2.75) is 32.7 Å². The molecule has 2 aromatic rings. The van der Waals surface area contributed by atoms with Crippen molar-refractivity contribution in [1.29, 1.82) is 0 Å². The van der Waals surface area contributed by atoms with Crippen LogP contribution in [-0.2, 0) is 17.8 Å². The summed E-state index contributed by atoms with van der Waals surface area (Å²) in [5.41, 5.74) is 1.53. The molecule has 1 aromatic carbocycles. The van der Waals surface area contributed by atoms with E-state index in [2.05, 4.69) is 22.4 Å². The van der Waals surface area contributed by atoms with Gasteiger partial charge in [0.25, 0.3) is 11.1 Å². The second-order valence-electron chi connectivity index (χ2n) is 5.30. The fourth-order valence-corrected chi connectivity index (χ4v) is 2.09. The van der Waals surface area contributed by atoms with Gasteiger partial charge < -0.3 is 4.84 Å². The Hall–Kier alpha value is -2.63. The van der Waals surface area contributed by atoms with E-state index in [9.17, 15) is 9.59 Å². The van der Waals surface area contributed by atoms with Crippen LogP contribution < -0.4 is 11.1 Å². The summed E-state index contributed by atoms with van der Waals surface area (Å²) in [6.45, 7) is 2.76. The van der Waals surface area contributed by atoms with Crippen molar-refractivity contribution < 1.29 is 4.84 Å². The molecule has 23 heavy (non-hydrogen) atoms. The van der Waals surface area contributed by atoms with Crippen molar-refractivity contribution in [2.24, 2.45) is 5.16 Å². The van der Waals surface area contributed by atoms with Crippen molar-refractivity contribution in [2.75, 3.05) is 6.61 Å². The maximum absolute atomic E-state index is 11.5. The summed E-state index contributed by atoms with van der Waals surface area (Å²) in [6, 6.07) is 12.7. The molecule has 0 aliphatic carbocycles. The lowest BCUT2D eigenvalue weighted by molar-refractivity contribution is 0.141. The molecule has 1 heterocycles. The molecule has 0 saturated carbocycles. The van der Waals surface area contributed by atoms with E-state index >= 15 is 0 Å². The maximum Gasteiger partial charge on any atom is 0.265 e. The molecule has 0 aliphatic rings. The lowest BCUT2D eigenvalue weighted by Crippen LogP contribution is -2.28. The number of nitrogens with one attached hydrogen (secondary N) is 1. The molecule has 0 amide bonds. The molecule has 0 radical (unpaired) electrons. The van der Waals surface area contributed by atoms with E-state index < -0.39 is 0 Å². The number of oxime groups is 1. The molecule has 0 spiro atoms. The van der Waals surface area contributed by atoms with Crippen LogP contribution in [0.4, 0.5) is 0 Å². The Balaban J connectivity index is 1.70. The van der Waals surface area contributed by atoms with Crippen LogP contribution in [0.3, 0.4) is 0 Å². The maximum atomic E-state index is 11.5. The molecule has 0 unspecified atom stereocenters. The molecule has 0 aliphatic heterocycles. The average Bonchev–Trinajstić information content (AvgIpc) is 2.56. The molecule has 1 aromatic heterocycles. The largest absolute Gasteiger partial charge is 0.396 e. The highest BCUT2D eigenvalue weighted by molar-refractivity contribution is 5.81. The van der Waals surface area contributed by atoms with Crippen LogP contribution >= 0.6 is 0 Å². The number of aromatic amines is 1. The molecule has 0 saturated heterocycles. The number of benzene rings is 1. The Morgan fingerprint density at radius 2 is 1.96 bits per heavy atom. The monoisotopic (exact) mass is 315 g/mol. The molecule has 122 valence electrons. The van der Waals surface area contributed by atoms with Gasteiger partial charge in [-0.1, -0.05) is 35.5 Å². The second kappa shape index (κ2) is 8.73. The van der Waals surface area contributed by atoms with Crippen LogP contribution in [0.2, 0.25) is 0 Å². The minimum atomic E-state index is -0.295. The van der Waals surface area contributed by atoms with Crippen molar-refractivity contribution >= 4 is 5.71 Å². The zero-order valence-corrected chi connectivity index (χ0v) is 13.2. The summed E-state index contributed by atoms with van der Waals surface area (Å²) < 4.78 is 1.27. The minimum Gasteiger partial charge on any atom is -0.396 e. The van der Waals surface area contributed by atoms with Crippen molar-refractivity contribution in [1.82, 2.24) is 9.78 Å². The van der Waals surface area contributed by atoms with E-state index in [-0.39, 0.29) is 11.1 Å². The van der Waals surface area contributed by atoms with E-state index in [1.807, 2.05) is 25.1 Å². The van der Waals surface area contributed by atoms with Gasteiger partial charge in [0.2, 0.25) is 0 Å². The van der Waals surface area contributed by atoms with Gasteiger partial charge in [-0.15, -0.1) is 0 Å². The Kier molecular flexibility index (Phi) is 6.35. The number of hydrogen-bond donors (Lipinski definition) is 1.